The molecule has 32 heavy (non-hydrogen) atoms. The van der Waals surface area contributed by atoms with Crippen LogP contribution in [0.15, 0.2) is 30.5 Å². The molecule has 1 aliphatic heterocycles. The lowest BCUT2D eigenvalue weighted by molar-refractivity contribution is -0.150. The average Bonchev–Trinajstić information content (AvgIpc) is 2.96. The van der Waals surface area contributed by atoms with Gasteiger partial charge in [0.2, 0.25) is 0 Å². The van der Waals surface area contributed by atoms with Gasteiger partial charge in [-0.05, 0) is 32.0 Å². The van der Waals surface area contributed by atoms with Crippen molar-refractivity contribution in [2.45, 2.75) is 26.1 Å². The molecule has 168 valence electrons. The van der Waals surface area contributed by atoms with Crippen LogP contribution in [-0.4, -0.2) is 46.2 Å². The van der Waals surface area contributed by atoms with Crippen LogP contribution >= 0.6 is 11.6 Å². The topological polar surface area (TPSA) is 106 Å². The number of aromatic nitrogens is 1. The lowest BCUT2D eigenvalue weighted by atomic mass is 10.1. The predicted octanol–water partition coefficient (Wildman–Crippen LogP) is 3.23. The van der Waals surface area contributed by atoms with E-state index in [9.17, 15) is 32.3 Å². The first-order valence-electron chi connectivity index (χ1n) is 9.08. The summed E-state index contributed by atoms with van der Waals surface area (Å²) in [5, 5.41) is 1.65. The lowest BCUT2D eigenvalue weighted by Crippen LogP contribution is -2.44. The number of pyridine rings is 1. The summed E-state index contributed by atoms with van der Waals surface area (Å²) in [6, 6.07) is 3.94. The van der Waals surface area contributed by atoms with Gasteiger partial charge < -0.3 is 10.1 Å². The number of esters is 1. The molecule has 0 saturated carbocycles. The van der Waals surface area contributed by atoms with Crippen LogP contribution in [0.3, 0.4) is 0 Å². The molecule has 3 rings (SSSR count). The molecule has 0 fully saturated rings. The Morgan fingerprint density at radius 3 is 2.47 bits per heavy atom. The van der Waals surface area contributed by atoms with Gasteiger partial charge in [0.15, 0.2) is 12.4 Å². The van der Waals surface area contributed by atoms with Crippen molar-refractivity contribution >= 4 is 41.1 Å². The fourth-order valence-electron chi connectivity index (χ4n) is 2.94. The Morgan fingerprint density at radius 1 is 1.19 bits per heavy atom. The second-order valence-electron chi connectivity index (χ2n) is 6.91. The standard InChI is InChI=1S/C20H15ClF3N3O5/c1-9-3-4-12-13(5-9)18(30)27(17(12)29)10(2)19(31)32-8-15(28)26-16-14(21)6-11(7-25-16)20(22,23)24/h3-7,10H,8H2,1-2H3,(H,25,26,28). The molecular formula is C20H15ClF3N3O5. The van der Waals surface area contributed by atoms with Crippen LogP contribution in [0.4, 0.5) is 19.0 Å². The Bertz CT molecular complexity index is 1140. The average molecular weight is 470 g/mol. The first kappa shape index (κ1) is 23.2. The molecule has 12 heteroatoms. The smallest absolute Gasteiger partial charge is 0.417 e. The highest BCUT2D eigenvalue weighted by molar-refractivity contribution is 6.33. The van der Waals surface area contributed by atoms with Gasteiger partial charge >= 0.3 is 12.1 Å². The van der Waals surface area contributed by atoms with Gasteiger partial charge in [-0.25, -0.2) is 9.78 Å². The maximum atomic E-state index is 12.6. The van der Waals surface area contributed by atoms with Crippen LogP contribution < -0.4 is 5.32 Å². The third-order valence-electron chi connectivity index (χ3n) is 4.57. The third-order valence-corrected chi connectivity index (χ3v) is 4.86. The molecule has 1 atom stereocenters. The third kappa shape index (κ3) is 4.57. The zero-order valence-electron chi connectivity index (χ0n) is 16.6. The highest BCUT2D eigenvalue weighted by Gasteiger charge is 2.41. The number of alkyl halides is 3. The van der Waals surface area contributed by atoms with Crippen molar-refractivity contribution < 1.29 is 37.1 Å². The molecule has 0 aliphatic carbocycles. The maximum Gasteiger partial charge on any atom is 0.417 e. The van der Waals surface area contributed by atoms with Crippen LogP contribution in [0.25, 0.3) is 0 Å². The van der Waals surface area contributed by atoms with E-state index in [1.54, 1.807) is 13.0 Å². The number of benzene rings is 1. The number of halogens is 4. The maximum absolute atomic E-state index is 12.6. The molecule has 0 radical (unpaired) electrons. The lowest BCUT2D eigenvalue weighted by Gasteiger charge is -2.20. The molecular weight excluding hydrogens is 455 g/mol. The van der Waals surface area contributed by atoms with Crippen molar-refractivity contribution in [3.63, 3.8) is 0 Å². The number of aryl methyl sites for hydroxylation is 1. The van der Waals surface area contributed by atoms with Gasteiger partial charge in [0, 0.05) is 6.20 Å². The summed E-state index contributed by atoms with van der Waals surface area (Å²) >= 11 is 5.70. The van der Waals surface area contributed by atoms with E-state index in [1.165, 1.54) is 19.1 Å². The van der Waals surface area contributed by atoms with E-state index in [0.29, 0.717) is 12.3 Å². The van der Waals surface area contributed by atoms with Gasteiger partial charge in [0.05, 0.1) is 21.7 Å². The molecule has 0 saturated heterocycles. The van der Waals surface area contributed by atoms with Gasteiger partial charge in [-0.3, -0.25) is 19.3 Å². The van der Waals surface area contributed by atoms with Gasteiger partial charge in [0.1, 0.15) is 6.04 Å². The van der Waals surface area contributed by atoms with E-state index in [4.69, 9.17) is 16.3 Å². The van der Waals surface area contributed by atoms with Crippen molar-refractivity contribution in [3.05, 3.63) is 57.7 Å². The minimum atomic E-state index is -4.66. The largest absolute Gasteiger partial charge is 0.454 e. The highest BCUT2D eigenvalue weighted by atomic mass is 35.5. The summed E-state index contributed by atoms with van der Waals surface area (Å²) in [6.07, 6.45) is -4.17. The van der Waals surface area contributed by atoms with Gasteiger partial charge in [-0.15, -0.1) is 0 Å². The van der Waals surface area contributed by atoms with E-state index in [1.807, 2.05) is 0 Å². The van der Waals surface area contributed by atoms with E-state index in [2.05, 4.69) is 10.3 Å². The van der Waals surface area contributed by atoms with Crippen molar-refractivity contribution in [2.75, 3.05) is 11.9 Å². The van der Waals surface area contributed by atoms with Crippen LogP contribution in [0.2, 0.25) is 5.02 Å². The highest BCUT2D eigenvalue weighted by Crippen LogP contribution is 2.32. The second-order valence-corrected chi connectivity index (χ2v) is 7.32. The molecule has 0 spiro atoms. The van der Waals surface area contributed by atoms with Crippen molar-refractivity contribution in [2.24, 2.45) is 0 Å². The summed E-state index contributed by atoms with van der Waals surface area (Å²) in [5.41, 5.74) is -0.0255. The Kier molecular flexibility index (Phi) is 6.22. The molecule has 1 unspecified atom stereocenters. The van der Waals surface area contributed by atoms with Crippen LogP contribution in [0.5, 0.6) is 0 Å². The predicted molar refractivity (Wildman–Crippen MR) is 105 cm³/mol. The molecule has 0 bridgehead atoms. The quantitative estimate of drug-likeness (QED) is 0.532. The minimum Gasteiger partial charge on any atom is -0.454 e. The molecule has 2 heterocycles. The first-order chi connectivity index (χ1) is 14.9. The zero-order valence-corrected chi connectivity index (χ0v) is 17.4. The second kappa shape index (κ2) is 8.58. The number of amides is 3. The summed E-state index contributed by atoms with van der Waals surface area (Å²) in [7, 11) is 0. The molecule has 2 aromatic rings. The fraction of sp³-hybridized carbons (Fsp3) is 0.250. The Hall–Kier alpha value is -3.47. The zero-order chi connectivity index (χ0) is 23.8. The van der Waals surface area contributed by atoms with Gasteiger partial charge in [0.25, 0.3) is 17.7 Å². The van der Waals surface area contributed by atoms with Gasteiger partial charge in [-0.2, -0.15) is 13.2 Å². The van der Waals surface area contributed by atoms with Crippen LogP contribution in [-0.2, 0) is 20.5 Å². The molecule has 1 aliphatic rings. The van der Waals surface area contributed by atoms with E-state index >= 15 is 0 Å². The number of carbonyl (C=O) groups excluding carboxylic acids is 4. The van der Waals surface area contributed by atoms with E-state index in [-0.39, 0.29) is 16.9 Å². The van der Waals surface area contributed by atoms with Crippen molar-refractivity contribution in [1.29, 1.82) is 0 Å². The molecule has 1 aromatic carbocycles. The number of carbonyl (C=O) groups is 4. The number of hydrogen-bond donors (Lipinski definition) is 1. The number of rotatable bonds is 5. The molecule has 1 N–H and O–H groups in total. The number of hydrogen-bond acceptors (Lipinski definition) is 6. The molecule has 1 aromatic heterocycles. The number of nitrogens with one attached hydrogen (secondary N) is 1. The number of anilines is 1. The molecule has 8 nitrogen and oxygen atoms in total. The number of ether oxygens (including phenoxy) is 1. The minimum absolute atomic E-state index is 0.154. The number of fused-ring (bicyclic) bond motifs is 1. The Labute approximate surface area is 184 Å². The van der Waals surface area contributed by atoms with Gasteiger partial charge in [-0.1, -0.05) is 23.2 Å². The summed E-state index contributed by atoms with van der Waals surface area (Å²) in [6.45, 7) is 2.17. The van der Waals surface area contributed by atoms with Crippen LogP contribution in [0, 0.1) is 6.92 Å². The molecule has 3 amide bonds. The first-order valence-corrected chi connectivity index (χ1v) is 9.45. The fourth-order valence-corrected chi connectivity index (χ4v) is 3.15. The van der Waals surface area contributed by atoms with E-state index in [0.717, 1.165) is 10.5 Å². The summed E-state index contributed by atoms with van der Waals surface area (Å²) < 4.78 is 42.8. The summed E-state index contributed by atoms with van der Waals surface area (Å²) in [4.78, 5) is 53.5. The van der Waals surface area contributed by atoms with Crippen molar-refractivity contribution in [3.8, 4) is 0 Å². The SMILES string of the molecule is Cc1ccc2c(c1)C(=O)N(C(C)C(=O)OCC(=O)Nc1ncc(C(F)(F)F)cc1Cl)C2=O. The monoisotopic (exact) mass is 469 g/mol. The van der Waals surface area contributed by atoms with Crippen LogP contribution in [0.1, 0.15) is 38.8 Å². The van der Waals surface area contributed by atoms with E-state index < -0.39 is 53.1 Å². The summed E-state index contributed by atoms with van der Waals surface area (Å²) in [5.74, 6) is -3.65. The number of imide groups is 1. The van der Waals surface area contributed by atoms with Crippen molar-refractivity contribution in [1.82, 2.24) is 9.88 Å². The normalized spacial score (nSPS) is 14.2. The number of nitrogens with zero attached hydrogens (tertiary/aromatic N) is 2. The Balaban J connectivity index is 1.61. The Morgan fingerprint density at radius 2 is 1.84 bits per heavy atom.